The van der Waals surface area contributed by atoms with Crippen molar-refractivity contribution in [2.75, 3.05) is 39.5 Å². The van der Waals surface area contributed by atoms with E-state index in [1.54, 1.807) is 0 Å². The highest BCUT2D eigenvalue weighted by Crippen LogP contribution is 1.93. The Morgan fingerprint density at radius 1 is 1.06 bits per heavy atom. The van der Waals surface area contributed by atoms with E-state index in [9.17, 15) is 4.79 Å². The third-order valence-electron chi connectivity index (χ3n) is 1.89. The molecule has 0 aromatic heterocycles. The predicted molar refractivity (Wildman–Crippen MR) is 60.6 cm³/mol. The van der Waals surface area contributed by atoms with Crippen molar-refractivity contribution < 1.29 is 19.4 Å². The molecule has 0 unspecified atom stereocenters. The van der Waals surface area contributed by atoms with Gasteiger partial charge < -0.3 is 25.6 Å². The number of carboxylic acid groups (broad SMARTS) is 1. The molecule has 0 bridgehead atoms. The van der Waals surface area contributed by atoms with Crippen LogP contribution >= 0.6 is 0 Å². The topological polar surface area (TPSA) is 93.8 Å². The monoisotopic (exact) mass is 234 g/mol. The lowest BCUT2D eigenvalue weighted by Gasteiger charge is -2.05. The number of unbranched alkanes of at least 4 members (excludes halogenated alkanes) is 2. The third-order valence-corrected chi connectivity index (χ3v) is 1.89. The normalized spacial score (nSPS) is 10.3. The van der Waals surface area contributed by atoms with Gasteiger partial charge in [-0.1, -0.05) is 0 Å². The zero-order chi connectivity index (χ0) is 12.1. The van der Waals surface area contributed by atoms with Crippen LogP contribution in [0.3, 0.4) is 0 Å². The van der Waals surface area contributed by atoms with Crippen LogP contribution in [0.2, 0.25) is 0 Å². The van der Waals surface area contributed by atoms with Crippen LogP contribution in [0.4, 0.5) is 4.79 Å². The van der Waals surface area contributed by atoms with Gasteiger partial charge in [0.1, 0.15) is 0 Å². The summed E-state index contributed by atoms with van der Waals surface area (Å²) in [5.74, 6) is 0. The zero-order valence-electron chi connectivity index (χ0n) is 9.61. The van der Waals surface area contributed by atoms with E-state index in [0.29, 0.717) is 26.4 Å². The van der Waals surface area contributed by atoms with Gasteiger partial charge in [-0.15, -0.1) is 0 Å². The Balaban J connectivity index is 2.90. The van der Waals surface area contributed by atoms with Gasteiger partial charge in [0.25, 0.3) is 0 Å². The summed E-state index contributed by atoms with van der Waals surface area (Å²) in [6.07, 6.45) is 2.14. The summed E-state index contributed by atoms with van der Waals surface area (Å²) >= 11 is 0. The average Bonchev–Trinajstić information content (AvgIpc) is 2.25. The van der Waals surface area contributed by atoms with Crippen LogP contribution in [0.1, 0.15) is 19.3 Å². The first-order valence-corrected chi connectivity index (χ1v) is 5.59. The molecule has 0 rings (SSSR count). The van der Waals surface area contributed by atoms with Gasteiger partial charge in [0, 0.05) is 13.2 Å². The fourth-order valence-electron chi connectivity index (χ4n) is 1.08. The minimum Gasteiger partial charge on any atom is -0.465 e. The highest BCUT2D eigenvalue weighted by Gasteiger charge is 1.93. The van der Waals surface area contributed by atoms with E-state index in [1.165, 1.54) is 0 Å². The van der Waals surface area contributed by atoms with Crippen molar-refractivity contribution in [3.05, 3.63) is 0 Å². The first-order chi connectivity index (χ1) is 7.77. The van der Waals surface area contributed by atoms with Gasteiger partial charge in [0.2, 0.25) is 0 Å². The van der Waals surface area contributed by atoms with Crippen molar-refractivity contribution in [2.24, 2.45) is 5.73 Å². The van der Waals surface area contributed by atoms with E-state index in [4.69, 9.17) is 20.3 Å². The maximum Gasteiger partial charge on any atom is 0.404 e. The molecule has 6 heteroatoms. The van der Waals surface area contributed by atoms with E-state index in [-0.39, 0.29) is 0 Å². The SMILES string of the molecule is NCCCCCOCCOCCNC(=O)O. The largest absolute Gasteiger partial charge is 0.465 e. The number of rotatable bonds is 11. The molecule has 0 heterocycles. The molecular formula is C10H22N2O4. The number of hydrogen-bond acceptors (Lipinski definition) is 4. The summed E-state index contributed by atoms with van der Waals surface area (Å²) in [5.41, 5.74) is 5.35. The van der Waals surface area contributed by atoms with E-state index in [0.717, 1.165) is 32.4 Å². The number of ether oxygens (including phenoxy) is 2. The van der Waals surface area contributed by atoms with Gasteiger partial charge in [-0.3, -0.25) is 0 Å². The molecule has 0 saturated heterocycles. The molecule has 0 aromatic rings. The summed E-state index contributed by atoms with van der Waals surface area (Å²) < 4.78 is 10.4. The lowest BCUT2D eigenvalue weighted by molar-refractivity contribution is 0.0475. The number of nitrogens with one attached hydrogen (secondary N) is 1. The molecule has 0 aliphatic heterocycles. The second kappa shape index (κ2) is 12.2. The van der Waals surface area contributed by atoms with Crippen molar-refractivity contribution in [3.8, 4) is 0 Å². The maximum atomic E-state index is 10.1. The molecule has 0 aromatic carbocycles. The van der Waals surface area contributed by atoms with E-state index < -0.39 is 6.09 Å². The van der Waals surface area contributed by atoms with Gasteiger partial charge >= 0.3 is 6.09 Å². The molecule has 6 nitrogen and oxygen atoms in total. The first-order valence-electron chi connectivity index (χ1n) is 5.59. The van der Waals surface area contributed by atoms with Crippen LogP contribution in [0.15, 0.2) is 0 Å². The van der Waals surface area contributed by atoms with E-state index in [1.807, 2.05) is 0 Å². The molecule has 0 aliphatic carbocycles. The van der Waals surface area contributed by atoms with Crippen LogP contribution in [0, 0.1) is 0 Å². The fourth-order valence-corrected chi connectivity index (χ4v) is 1.08. The minimum absolute atomic E-state index is 0.311. The summed E-state index contributed by atoms with van der Waals surface area (Å²) in [5, 5.41) is 10.5. The smallest absolute Gasteiger partial charge is 0.404 e. The van der Waals surface area contributed by atoms with Gasteiger partial charge in [-0.25, -0.2) is 4.79 Å². The number of carbonyl (C=O) groups is 1. The second-order valence-corrected chi connectivity index (χ2v) is 3.31. The molecule has 0 saturated carbocycles. The highest BCUT2D eigenvalue weighted by molar-refractivity contribution is 5.64. The Hall–Kier alpha value is -0.850. The number of nitrogens with two attached hydrogens (primary N) is 1. The van der Waals surface area contributed by atoms with Crippen LogP contribution in [0.5, 0.6) is 0 Å². The van der Waals surface area contributed by atoms with Crippen LogP contribution < -0.4 is 11.1 Å². The van der Waals surface area contributed by atoms with Crippen LogP contribution in [0.25, 0.3) is 0 Å². The summed E-state index contributed by atoms with van der Waals surface area (Å²) in [4.78, 5) is 10.1. The fraction of sp³-hybridized carbons (Fsp3) is 0.900. The average molecular weight is 234 g/mol. The van der Waals surface area contributed by atoms with Gasteiger partial charge in [0.05, 0.1) is 19.8 Å². The lowest BCUT2D eigenvalue weighted by Crippen LogP contribution is -2.25. The zero-order valence-corrected chi connectivity index (χ0v) is 9.61. The Bertz CT molecular complexity index is 167. The molecule has 0 atom stereocenters. The predicted octanol–water partition coefficient (Wildman–Crippen LogP) is 0.416. The molecule has 16 heavy (non-hydrogen) atoms. The quantitative estimate of drug-likeness (QED) is 0.450. The van der Waals surface area contributed by atoms with Crippen LogP contribution in [-0.2, 0) is 9.47 Å². The van der Waals surface area contributed by atoms with Crippen LogP contribution in [-0.4, -0.2) is 50.7 Å². The van der Waals surface area contributed by atoms with E-state index >= 15 is 0 Å². The Labute approximate surface area is 96.1 Å². The molecular weight excluding hydrogens is 212 g/mol. The number of amides is 1. The summed E-state index contributed by atoms with van der Waals surface area (Å²) in [6.45, 7) is 3.21. The van der Waals surface area contributed by atoms with Gasteiger partial charge in [-0.05, 0) is 25.8 Å². The van der Waals surface area contributed by atoms with Crippen molar-refractivity contribution >= 4 is 6.09 Å². The molecule has 0 fully saturated rings. The number of hydrogen-bond donors (Lipinski definition) is 3. The molecule has 0 spiro atoms. The first kappa shape index (κ1) is 15.2. The second-order valence-electron chi connectivity index (χ2n) is 3.31. The standard InChI is InChI=1S/C10H22N2O4/c11-4-2-1-3-6-15-8-9-16-7-5-12-10(13)14/h12H,1-9,11H2,(H,13,14). The Kier molecular flexibility index (Phi) is 11.6. The third kappa shape index (κ3) is 13.2. The van der Waals surface area contributed by atoms with Crippen molar-refractivity contribution in [2.45, 2.75) is 19.3 Å². The molecule has 96 valence electrons. The van der Waals surface area contributed by atoms with E-state index in [2.05, 4.69) is 5.32 Å². The summed E-state index contributed by atoms with van der Waals surface area (Å²) in [7, 11) is 0. The van der Waals surface area contributed by atoms with Crippen molar-refractivity contribution in [1.82, 2.24) is 5.32 Å². The van der Waals surface area contributed by atoms with Gasteiger partial charge in [0.15, 0.2) is 0 Å². The molecule has 0 radical (unpaired) electrons. The van der Waals surface area contributed by atoms with Crippen molar-refractivity contribution in [3.63, 3.8) is 0 Å². The molecule has 1 amide bonds. The Morgan fingerprint density at radius 2 is 1.75 bits per heavy atom. The minimum atomic E-state index is -1.03. The molecule has 4 N–H and O–H groups in total. The maximum absolute atomic E-state index is 10.1. The highest BCUT2D eigenvalue weighted by atomic mass is 16.5. The Morgan fingerprint density at radius 3 is 2.38 bits per heavy atom. The van der Waals surface area contributed by atoms with Gasteiger partial charge in [-0.2, -0.15) is 0 Å². The lowest BCUT2D eigenvalue weighted by atomic mass is 10.2. The molecule has 0 aliphatic rings. The summed E-state index contributed by atoms with van der Waals surface area (Å²) in [6, 6.07) is 0. The van der Waals surface area contributed by atoms with Crippen molar-refractivity contribution in [1.29, 1.82) is 0 Å².